The molecule has 0 rings (SSSR count). The minimum Gasteiger partial charge on any atom is -0.481 e. The van der Waals surface area contributed by atoms with Gasteiger partial charge in [0.05, 0.1) is 12.2 Å². The van der Waals surface area contributed by atoms with E-state index >= 15 is 0 Å². The van der Waals surface area contributed by atoms with Crippen molar-refractivity contribution in [2.45, 2.75) is 6.42 Å². The van der Waals surface area contributed by atoms with E-state index in [1.807, 2.05) is 0 Å². The lowest BCUT2D eigenvalue weighted by molar-refractivity contribution is -0.136. The summed E-state index contributed by atoms with van der Waals surface area (Å²) < 4.78 is 30.7. The second-order valence-electron chi connectivity index (χ2n) is 1.39. The van der Waals surface area contributed by atoms with Gasteiger partial charge in [-0.1, -0.05) is 0 Å². The molecule has 6 heteroatoms. The van der Waals surface area contributed by atoms with Crippen molar-refractivity contribution in [3.63, 3.8) is 0 Å². The summed E-state index contributed by atoms with van der Waals surface area (Å²) in [5, 5.41) is 7.85. The van der Waals surface area contributed by atoms with Crippen LogP contribution in [0.1, 0.15) is 6.42 Å². The number of carboxylic acid groups (broad SMARTS) is 1. The predicted molar refractivity (Wildman–Crippen MR) is 27.1 cm³/mol. The number of hydrogen-bond donors (Lipinski definition) is 1. The van der Waals surface area contributed by atoms with Crippen LogP contribution in [0.4, 0.5) is 3.89 Å². The fourth-order valence-electron chi connectivity index (χ4n) is 0.209. The molecule has 0 aromatic rings. The largest absolute Gasteiger partial charge is 0.481 e. The van der Waals surface area contributed by atoms with Crippen LogP contribution in [0.15, 0.2) is 0 Å². The normalized spacial score (nSPS) is 11.2. The van der Waals surface area contributed by atoms with Gasteiger partial charge in [0.25, 0.3) is 0 Å². The Hall–Kier alpha value is -0.650. The quantitative estimate of drug-likeness (QED) is 0.572. The molecule has 0 aromatic heterocycles. The van der Waals surface area contributed by atoms with Crippen LogP contribution in [-0.4, -0.2) is 25.2 Å². The van der Waals surface area contributed by atoms with Crippen LogP contribution in [0.25, 0.3) is 0 Å². The van der Waals surface area contributed by atoms with Gasteiger partial charge in [0.1, 0.15) is 0 Å². The Balaban J connectivity index is 3.67. The van der Waals surface area contributed by atoms with Gasteiger partial charge in [-0.25, -0.2) is 0 Å². The highest BCUT2D eigenvalue weighted by Gasteiger charge is 2.09. The van der Waals surface area contributed by atoms with Crippen molar-refractivity contribution < 1.29 is 22.2 Å². The zero-order chi connectivity index (χ0) is 7.49. The van der Waals surface area contributed by atoms with Crippen LogP contribution in [0, 0.1) is 0 Å². The van der Waals surface area contributed by atoms with Crippen molar-refractivity contribution in [1.82, 2.24) is 0 Å². The molecule has 0 aliphatic heterocycles. The van der Waals surface area contributed by atoms with Crippen LogP contribution >= 0.6 is 0 Å². The third-order valence-electron chi connectivity index (χ3n) is 0.560. The van der Waals surface area contributed by atoms with E-state index in [0.29, 0.717) is 0 Å². The van der Waals surface area contributed by atoms with E-state index < -0.39 is 28.4 Å². The molecule has 0 saturated heterocycles. The van der Waals surface area contributed by atoms with E-state index in [0.717, 1.165) is 0 Å². The number of aliphatic carboxylic acids is 1. The molecule has 54 valence electrons. The summed E-state index contributed by atoms with van der Waals surface area (Å²) in [4.78, 5) is 9.61. The monoisotopic (exact) mass is 156 g/mol. The molecule has 0 amide bonds. The summed E-state index contributed by atoms with van der Waals surface area (Å²) in [7, 11) is -4.60. The molecular formula is C3H5FO4S. The maximum atomic E-state index is 11.5. The lowest BCUT2D eigenvalue weighted by Crippen LogP contribution is -2.04. The molecule has 0 radical (unpaired) electrons. The highest BCUT2D eigenvalue weighted by molar-refractivity contribution is 7.86. The number of rotatable bonds is 3. The molecule has 4 nitrogen and oxygen atoms in total. The average Bonchev–Trinajstić information content (AvgIpc) is 1.59. The highest BCUT2D eigenvalue weighted by atomic mass is 32.3. The van der Waals surface area contributed by atoms with E-state index in [1.165, 1.54) is 0 Å². The number of carbonyl (C=O) groups is 1. The first kappa shape index (κ1) is 8.35. The van der Waals surface area contributed by atoms with E-state index in [4.69, 9.17) is 5.11 Å². The van der Waals surface area contributed by atoms with Crippen molar-refractivity contribution in [2.75, 3.05) is 5.75 Å². The summed E-state index contributed by atoms with van der Waals surface area (Å²) in [6.07, 6.45) is -0.682. The van der Waals surface area contributed by atoms with Crippen LogP contribution in [-0.2, 0) is 15.0 Å². The highest BCUT2D eigenvalue weighted by Crippen LogP contribution is 1.93. The maximum absolute atomic E-state index is 11.5. The van der Waals surface area contributed by atoms with Gasteiger partial charge in [0.15, 0.2) is 0 Å². The third kappa shape index (κ3) is 7.35. The van der Waals surface area contributed by atoms with E-state index in [2.05, 4.69) is 0 Å². The smallest absolute Gasteiger partial charge is 0.304 e. The first-order valence-corrected chi connectivity index (χ1v) is 3.61. The standard InChI is InChI=1S/C3H5FO4S/c4-9(7,8)2-1-3(5)6/h1-2H2,(H,5,6). The molecule has 0 heterocycles. The molecule has 0 spiro atoms. The first-order valence-electron chi connectivity index (χ1n) is 2.06. The molecule has 0 bridgehead atoms. The van der Waals surface area contributed by atoms with Crippen LogP contribution in [0.3, 0.4) is 0 Å². The Kier molecular flexibility index (Phi) is 2.57. The zero-order valence-electron chi connectivity index (χ0n) is 4.37. The summed E-state index contributed by atoms with van der Waals surface area (Å²) >= 11 is 0. The van der Waals surface area contributed by atoms with E-state index in [-0.39, 0.29) is 0 Å². The summed E-state index contributed by atoms with van der Waals surface area (Å²) in [5.74, 6) is -2.27. The molecule has 0 aliphatic carbocycles. The second-order valence-corrected chi connectivity index (χ2v) is 2.87. The molecule has 0 aromatic carbocycles. The second kappa shape index (κ2) is 2.77. The van der Waals surface area contributed by atoms with Crippen molar-refractivity contribution in [1.29, 1.82) is 0 Å². The maximum Gasteiger partial charge on any atom is 0.304 e. The Bertz CT molecular complexity index is 194. The third-order valence-corrected chi connectivity index (χ3v) is 1.25. The number of hydrogen-bond acceptors (Lipinski definition) is 3. The van der Waals surface area contributed by atoms with Crippen molar-refractivity contribution in [3.05, 3.63) is 0 Å². The van der Waals surface area contributed by atoms with Crippen molar-refractivity contribution in [3.8, 4) is 0 Å². The molecule has 1 N–H and O–H groups in total. The fourth-order valence-corrected chi connectivity index (χ4v) is 0.628. The van der Waals surface area contributed by atoms with Crippen LogP contribution < -0.4 is 0 Å². The Morgan fingerprint density at radius 2 is 2.00 bits per heavy atom. The van der Waals surface area contributed by atoms with E-state index in [1.54, 1.807) is 0 Å². The summed E-state index contributed by atoms with van der Waals surface area (Å²) in [6, 6.07) is 0. The predicted octanol–water partition coefficient (Wildman–Crippen LogP) is -0.240. The van der Waals surface area contributed by atoms with Gasteiger partial charge in [0, 0.05) is 0 Å². The molecule has 0 unspecified atom stereocenters. The van der Waals surface area contributed by atoms with Gasteiger partial charge in [-0.2, -0.15) is 8.42 Å². The summed E-state index contributed by atoms with van der Waals surface area (Å²) in [5.41, 5.74) is 0. The summed E-state index contributed by atoms with van der Waals surface area (Å²) in [6.45, 7) is 0. The van der Waals surface area contributed by atoms with Crippen molar-refractivity contribution >= 4 is 16.2 Å². The van der Waals surface area contributed by atoms with Gasteiger partial charge in [-0.05, 0) is 0 Å². The SMILES string of the molecule is O=C(O)CCS(=O)(=O)F. The average molecular weight is 156 g/mol. The number of carboxylic acids is 1. The Labute approximate surface area is 51.5 Å². The topological polar surface area (TPSA) is 71.4 Å². The zero-order valence-corrected chi connectivity index (χ0v) is 5.19. The van der Waals surface area contributed by atoms with Gasteiger partial charge in [0.2, 0.25) is 0 Å². The molecule has 0 saturated carbocycles. The molecule has 0 fully saturated rings. The van der Waals surface area contributed by atoms with Gasteiger partial charge in [-0.3, -0.25) is 4.79 Å². The molecular weight excluding hydrogens is 151 g/mol. The lowest BCUT2D eigenvalue weighted by atomic mass is 10.5. The number of halogens is 1. The first-order chi connectivity index (χ1) is 3.92. The molecule has 9 heavy (non-hydrogen) atoms. The van der Waals surface area contributed by atoms with Crippen molar-refractivity contribution in [2.24, 2.45) is 0 Å². The van der Waals surface area contributed by atoms with Gasteiger partial charge < -0.3 is 5.11 Å². The Morgan fingerprint density at radius 1 is 1.56 bits per heavy atom. The Morgan fingerprint density at radius 3 is 2.11 bits per heavy atom. The fraction of sp³-hybridized carbons (Fsp3) is 0.667. The van der Waals surface area contributed by atoms with Crippen LogP contribution in [0.5, 0.6) is 0 Å². The minimum absolute atomic E-state index is 0.682. The van der Waals surface area contributed by atoms with E-state index in [9.17, 15) is 17.1 Å². The van der Waals surface area contributed by atoms with Gasteiger partial charge >= 0.3 is 16.2 Å². The minimum atomic E-state index is -4.60. The van der Waals surface area contributed by atoms with Gasteiger partial charge in [-0.15, -0.1) is 3.89 Å². The molecule has 0 aliphatic rings. The van der Waals surface area contributed by atoms with Crippen LogP contribution in [0.2, 0.25) is 0 Å². The lowest BCUT2D eigenvalue weighted by Gasteiger charge is -1.86. The molecule has 0 atom stereocenters.